The van der Waals surface area contributed by atoms with Crippen LogP contribution >= 0.6 is 0 Å². The Morgan fingerprint density at radius 2 is 1.95 bits per heavy atom. The Bertz CT molecular complexity index is 578. The molecule has 20 heavy (non-hydrogen) atoms. The summed E-state index contributed by atoms with van der Waals surface area (Å²) in [5.74, 6) is 0.711. The lowest BCUT2D eigenvalue weighted by atomic mass is 10.0. The van der Waals surface area contributed by atoms with Gasteiger partial charge in [-0.25, -0.2) is 13.4 Å². The van der Waals surface area contributed by atoms with E-state index >= 15 is 0 Å². The summed E-state index contributed by atoms with van der Waals surface area (Å²) in [6.45, 7) is 1.81. The molecule has 1 N–H and O–H groups in total. The SMILES string of the molecule is Cc1nc(S(=O)(=O)N(C)C2CC3CCC(C2)N3)cn1C. The van der Waals surface area contributed by atoms with Crippen molar-refractivity contribution in [1.29, 1.82) is 0 Å². The van der Waals surface area contributed by atoms with Gasteiger partial charge in [0.05, 0.1) is 0 Å². The molecule has 112 valence electrons. The van der Waals surface area contributed by atoms with Gasteiger partial charge >= 0.3 is 0 Å². The molecule has 2 saturated heterocycles. The third-order valence-corrected chi connectivity index (χ3v) is 6.47. The topological polar surface area (TPSA) is 67.2 Å². The number of rotatable bonds is 3. The second-order valence-corrected chi connectivity index (χ2v) is 7.97. The highest BCUT2D eigenvalue weighted by Gasteiger charge is 2.39. The van der Waals surface area contributed by atoms with Crippen LogP contribution in [0.25, 0.3) is 0 Å². The monoisotopic (exact) mass is 298 g/mol. The summed E-state index contributed by atoms with van der Waals surface area (Å²) in [6.07, 6.45) is 5.72. The Kier molecular flexibility index (Phi) is 3.38. The van der Waals surface area contributed by atoms with E-state index in [0.717, 1.165) is 25.7 Å². The zero-order valence-corrected chi connectivity index (χ0v) is 13.0. The van der Waals surface area contributed by atoms with Gasteiger partial charge in [0.25, 0.3) is 10.0 Å². The fourth-order valence-electron chi connectivity index (χ4n) is 3.32. The van der Waals surface area contributed by atoms with Crippen LogP contribution in [0.5, 0.6) is 0 Å². The first kappa shape index (κ1) is 14.0. The van der Waals surface area contributed by atoms with Crippen LogP contribution in [0.1, 0.15) is 31.5 Å². The van der Waals surface area contributed by atoms with E-state index in [4.69, 9.17) is 0 Å². The van der Waals surface area contributed by atoms with Crippen molar-refractivity contribution in [3.63, 3.8) is 0 Å². The van der Waals surface area contributed by atoms with Crippen molar-refractivity contribution in [1.82, 2.24) is 19.2 Å². The molecule has 1 aromatic heterocycles. The molecule has 2 atom stereocenters. The minimum atomic E-state index is -3.49. The fraction of sp³-hybridized carbons (Fsp3) is 0.769. The smallest absolute Gasteiger partial charge is 0.262 e. The molecular formula is C13H22N4O2S. The molecule has 0 saturated carbocycles. The zero-order chi connectivity index (χ0) is 14.5. The quantitative estimate of drug-likeness (QED) is 0.889. The van der Waals surface area contributed by atoms with Crippen molar-refractivity contribution < 1.29 is 8.42 Å². The number of hydrogen-bond donors (Lipinski definition) is 1. The van der Waals surface area contributed by atoms with E-state index in [0.29, 0.717) is 17.9 Å². The average molecular weight is 298 g/mol. The van der Waals surface area contributed by atoms with Crippen molar-refractivity contribution in [3.8, 4) is 0 Å². The first-order chi connectivity index (χ1) is 9.38. The Hall–Kier alpha value is -0.920. The van der Waals surface area contributed by atoms with Gasteiger partial charge in [-0.3, -0.25) is 0 Å². The zero-order valence-electron chi connectivity index (χ0n) is 12.2. The number of piperidine rings is 1. The van der Waals surface area contributed by atoms with E-state index in [9.17, 15) is 8.42 Å². The number of sulfonamides is 1. The van der Waals surface area contributed by atoms with Crippen molar-refractivity contribution in [2.45, 2.75) is 55.8 Å². The highest BCUT2D eigenvalue weighted by Crippen LogP contribution is 2.31. The fourth-order valence-corrected chi connectivity index (χ4v) is 4.72. The molecular weight excluding hydrogens is 276 g/mol. The number of aromatic nitrogens is 2. The molecule has 0 spiro atoms. The van der Waals surface area contributed by atoms with Crippen LogP contribution in [0, 0.1) is 6.92 Å². The lowest BCUT2D eigenvalue weighted by Gasteiger charge is -2.34. The highest BCUT2D eigenvalue weighted by molar-refractivity contribution is 7.89. The average Bonchev–Trinajstić information content (AvgIpc) is 2.92. The van der Waals surface area contributed by atoms with Crippen molar-refractivity contribution >= 4 is 10.0 Å². The lowest BCUT2D eigenvalue weighted by Crippen LogP contribution is -2.48. The van der Waals surface area contributed by atoms with Crippen LogP contribution in [0.15, 0.2) is 11.2 Å². The molecule has 6 nitrogen and oxygen atoms in total. The third kappa shape index (κ3) is 2.27. The Morgan fingerprint density at radius 3 is 2.45 bits per heavy atom. The van der Waals surface area contributed by atoms with E-state index < -0.39 is 10.0 Å². The summed E-state index contributed by atoms with van der Waals surface area (Å²) in [4.78, 5) is 4.17. The molecule has 0 amide bonds. The van der Waals surface area contributed by atoms with Gasteiger partial charge in [-0.1, -0.05) is 0 Å². The molecule has 0 aromatic carbocycles. The largest absolute Gasteiger partial charge is 0.337 e. The van der Waals surface area contributed by atoms with Gasteiger partial charge in [0.2, 0.25) is 0 Å². The van der Waals surface area contributed by atoms with Crippen LogP contribution in [0.3, 0.4) is 0 Å². The molecule has 2 aliphatic rings. The van der Waals surface area contributed by atoms with Gasteiger partial charge in [0, 0.05) is 38.4 Å². The molecule has 2 fully saturated rings. The number of aryl methyl sites for hydroxylation is 2. The Balaban J connectivity index is 1.83. The van der Waals surface area contributed by atoms with Gasteiger partial charge in [0.15, 0.2) is 5.03 Å². The molecule has 3 heterocycles. The predicted octanol–water partition coefficient (Wildman–Crippen LogP) is 0.632. The molecule has 0 radical (unpaired) electrons. The summed E-state index contributed by atoms with van der Waals surface area (Å²) >= 11 is 0. The van der Waals surface area contributed by atoms with Gasteiger partial charge in [-0.2, -0.15) is 4.31 Å². The minimum absolute atomic E-state index is 0.0843. The van der Waals surface area contributed by atoms with Crippen LogP contribution in [0.4, 0.5) is 0 Å². The van der Waals surface area contributed by atoms with Gasteiger partial charge in [-0.15, -0.1) is 0 Å². The minimum Gasteiger partial charge on any atom is -0.337 e. The number of nitrogens with one attached hydrogen (secondary N) is 1. The summed E-state index contributed by atoms with van der Waals surface area (Å²) in [5.41, 5.74) is 0. The van der Waals surface area contributed by atoms with Crippen LogP contribution in [0.2, 0.25) is 0 Å². The van der Waals surface area contributed by atoms with Gasteiger partial charge in [0.1, 0.15) is 5.82 Å². The predicted molar refractivity (Wildman–Crippen MR) is 75.9 cm³/mol. The number of imidazole rings is 1. The summed E-state index contributed by atoms with van der Waals surface area (Å²) in [7, 11) is 0.0151. The van der Waals surface area contributed by atoms with Crippen molar-refractivity contribution in [2.24, 2.45) is 7.05 Å². The molecule has 0 aliphatic carbocycles. The maximum absolute atomic E-state index is 12.7. The van der Waals surface area contributed by atoms with Crippen molar-refractivity contribution in [3.05, 3.63) is 12.0 Å². The molecule has 2 aliphatic heterocycles. The highest BCUT2D eigenvalue weighted by atomic mass is 32.2. The molecule has 2 unspecified atom stereocenters. The summed E-state index contributed by atoms with van der Waals surface area (Å²) in [5, 5.41) is 3.70. The maximum Gasteiger partial charge on any atom is 0.262 e. The maximum atomic E-state index is 12.7. The summed E-state index contributed by atoms with van der Waals surface area (Å²) < 4.78 is 28.6. The van der Waals surface area contributed by atoms with Crippen LogP contribution in [-0.4, -0.2) is 47.4 Å². The van der Waals surface area contributed by atoms with Crippen LogP contribution < -0.4 is 5.32 Å². The Morgan fingerprint density at radius 1 is 1.35 bits per heavy atom. The normalized spacial score (nSPS) is 30.1. The number of nitrogens with zero attached hydrogens (tertiary/aromatic N) is 3. The molecule has 1 aromatic rings. The number of hydrogen-bond acceptors (Lipinski definition) is 4. The van der Waals surface area contributed by atoms with E-state index in [2.05, 4.69) is 10.3 Å². The van der Waals surface area contributed by atoms with Crippen molar-refractivity contribution in [2.75, 3.05) is 7.05 Å². The first-order valence-electron chi connectivity index (χ1n) is 7.12. The van der Waals surface area contributed by atoms with Crippen LogP contribution in [-0.2, 0) is 17.1 Å². The lowest BCUT2D eigenvalue weighted by molar-refractivity contribution is 0.251. The van der Waals surface area contributed by atoms with Gasteiger partial charge < -0.3 is 9.88 Å². The second-order valence-electron chi connectivity index (χ2n) is 6.02. The standard InChI is InChI=1S/C13H22N4O2S/c1-9-14-13(8-16(9)2)20(18,19)17(3)12-6-10-4-5-11(7-12)15-10/h8,10-12,15H,4-7H2,1-3H3. The van der Waals surface area contributed by atoms with E-state index in [-0.39, 0.29) is 11.1 Å². The van der Waals surface area contributed by atoms with E-state index in [1.807, 2.05) is 14.0 Å². The Labute approximate surface area is 120 Å². The number of fused-ring (bicyclic) bond motifs is 2. The second kappa shape index (κ2) is 4.82. The summed E-state index contributed by atoms with van der Waals surface area (Å²) in [6, 6.07) is 1.03. The third-order valence-electron chi connectivity index (χ3n) is 4.69. The molecule has 3 rings (SSSR count). The van der Waals surface area contributed by atoms with E-state index in [1.165, 1.54) is 4.31 Å². The molecule has 2 bridgehead atoms. The van der Waals surface area contributed by atoms with E-state index in [1.54, 1.807) is 17.8 Å². The molecule has 7 heteroatoms. The van der Waals surface area contributed by atoms with Gasteiger partial charge in [-0.05, 0) is 32.6 Å². The first-order valence-corrected chi connectivity index (χ1v) is 8.56.